The van der Waals surface area contributed by atoms with E-state index in [0.717, 1.165) is 28.7 Å². The first-order chi connectivity index (χ1) is 14.4. The van der Waals surface area contributed by atoms with Crippen LogP contribution in [0.1, 0.15) is 19.8 Å². The normalized spacial score (nSPS) is 41.1. The van der Waals surface area contributed by atoms with E-state index in [9.17, 15) is 30.3 Å². The average molecular weight is 424 g/mol. The topological polar surface area (TPSA) is 146 Å². The molecule has 8 atom stereocenters. The third-order valence-electron chi connectivity index (χ3n) is 6.62. The first-order valence-corrected chi connectivity index (χ1v) is 10.2. The molecule has 0 bridgehead atoms. The monoisotopic (exact) mass is 424 g/mol. The maximum Gasteiger partial charge on any atom is 0.309 e. The van der Waals surface area contributed by atoms with Crippen molar-refractivity contribution in [3.63, 3.8) is 0 Å². The van der Waals surface area contributed by atoms with E-state index in [-0.39, 0.29) is 31.0 Å². The fourth-order valence-electron chi connectivity index (χ4n) is 4.75. The summed E-state index contributed by atoms with van der Waals surface area (Å²) in [7, 11) is 0. The molecule has 2 saturated heterocycles. The van der Waals surface area contributed by atoms with Crippen molar-refractivity contribution in [1.82, 2.24) is 0 Å². The zero-order chi connectivity index (χ0) is 21.6. The summed E-state index contributed by atoms with van der Waals surface area (Å²) in [5.74, 6) is -0.492. The SMILES string of the molecule is CC1C(=O)OC2C3=C(COC4OC(CO)C(O)C(O)C4O)C=CC3=C(CO)CCC12. The van der Waals surface area contributed by atoms with Crippen molar-refractivity contribution in [2.24, 2.45) is 11.8 Å². The van der Waals surface area contributed by atoms with Crippen LogP contribution in [0, 0.1) is 11.8 Å². The maximum absolute atomic E-state index is 12.2. The smallest absolute Gasteiger partial charge is 0.309 e. The molecule has 0 amide bonds. The highest BCUT2D eigenvalue weighted by atomic mass is 16.7. The molecule has 166 valence electrons. The average Bonchev–Trinajstić information content (AvgIpc) is 3.22. The van der Waals surface area contributed by atoms with Gasteiger partial charge in [-0.15, -0.1) is 0 Å². The highest BCUT2D eigenvalue weighted by molar-refractivity contribution is 5.77. The number of hydrogen-bond donors (Lipinski definition) is 5. The first-order valence-electron chi connectivity index (χ1n) is 10.2. The number of aliphatic hydroxyl groups excluding tert-OH is 5. The van der Waals surface area contributed by atoms with Gasteiger partial charge in [-0.1, -0.05) is 19.1 Å². The Hall–Kier alpha value is -1.59. The molecule has 30 heavy (non-hydrogen) atoms. The molecule has 5 N–H and O–H groups in total. The van der Waals surface area contributed by atoms with Crippen LogP contribution in [-0.2, 0) is 19.0 Å². The number of carbonyl (C=O) groups excluding carboxylic acids is 1. The summed E-state index contributed by atoms with van der Waals surface area (Å²) in [4.78, 5) is 12.2. The molecule has 0 saturated carbocycles. The van der Waals surface area contributed by atoms with E-state index < -0.39 is 43.4 Å². The predicted molar refractivity (Wildman–Crippen MR) is 102 cm³/mol. The van der Waals surface area contributed by atoms with Gasteiger partial charge in [0, 0.05) is 11.5 Å². The lowest BCUT2D eigenvalue weighted by Crippen LogP contribution is -2.59. The van der Waals surface area contributed by atoms with Gasteiger partial charge in [0.1, 0.15) is 30.5 Å². The third-order valence-corrected chi connectivity index (χ3v) is 6.62. The number of carbonyl (C=O) groups is 1. The van der Waals surface area contributed by atoms with Crippen LogP contribution >= 0.6 is 0 Å². The van der Waals surface area contributed by atoms with E-state index in [1.807, 2.05) is 19.1 Å². The van der Waals surface area contributed by atoms with Crippen molar-refractivity contribution in [1.29, 1.82) is 0 Å². The molecule has 8 unspecified atom stereocenters. The number of ether oxygens (including phenoxy) is 3. The van der Waals surface area contributed by atoms with Gasteiger partial charge in [-0.2, -0.15) is 0 Å². The standard InChI is InChI=1S/C21H28O9/c1-9-12-4-2-10(6-22)13-5-3-11(15(13)19(12)30-20(9)27)8-28-21-18(26)17(25)16(24)14(7-23)29-21/h3,5,9,12,14,16-19,21-26H,2,4,6-8H2,1H3. The summed E-state index contributed by atoms with van der Waals surface area (Å²) in [6, 6.07) is 0. The number of rotatable bonds is 5. The molecule has 9 heteroatoms. The molecule has 4 aliphatic rings. The minimum atomic E-state index is -1.52. The van der Waals surface area contributed by atoms with E-state index in [4.69, 9.17) is 14.2 Å². The van der Waals surface area contributed by atoms with Crippen molar-refractivity contribution >= 4 is 5.97 Å². The van der Waals surface area contributed by atoms with Crippen LogP contribution in [0.4, 0.5) is 0 Å². The van der Waals surface area contributed by atoms with E-state index >= 15 is 0 Å². The summed E-state index contributed by atoms with van der Waals surface area (Å²) in [6.45, 7) is 1.21. The van der Waals surface area contributed by atoms with Crippen LogP contribution < -0.4 is 0 Å². The van der Waals surface area contributed by atoms with Crippen molar-refractivity contribution in [3.05, 3.63) is 34.4 Å². The minimum absolute atomic E-state index is 0.00582. The second-order valence-corrected chi connectivity index (χ2v) is 8.30. The Balaban J connectivity index is 1.58. The molecule has 0 aromatic rings. The van der Waals surface area contributed by atoms with Crippen molar-refractivity contribution < 1.29 is 44.5 Å². The number of hydrogen-bond acceptors (Lipinski definition) is 9. The first kappa shape index (κ1) is 21.6. The Labute approximate surface area is 173 Å². The summed E-state index contributed by atoms with van der Waals surface area (Å²) < 4.78 is 16.8. The van der Waals surface area contributed by atoms with Gasteiger partial charge in [0.15, 0.2) is 6.29 Å². The molecular formula is C21H28O9. The van der Waals surface area contributed by atoms with E-state index in [2.05, 4.69) is 0 Å². The largest absolute Gasteiger partial charge is 0.457 e. The molecule has 0 aromatic carbocycles. The second-order valence-electron chi connectivity index (χ2n) is 8.30. The van der Waals surface area contributed by atoms with Gasteiger partial charge in [-0.25, -0.2) is 0 Å². The van der Waals surface area contributed by atoms with E-state index in [1.165, 1.54) is 0 Å². The molecule has 0 aromatic heterocycles. The van der Waals surface area contributed by atoms with Crippen molar-refractivity contribution in [2.45, 2.75) is 56.6 Å². The second kappa shape index (κ2) is 8.51. The van der Waals surface area contributed by atoms with Gasteiger partial charge >= 0.3 is 5.97 Å². The molecule has 0 radical (unpaired) electrons. The molecule has 2 fully saturated rings. The molecule has 9 nitrogen and oxygen atoms in total. The quantitative estimate of drug-likeness (QED) is 0.348. The molecule has 2 aliphatic heterocycles. The Bertz CT molecular complexity index is 783. The fraction of sp³-hybridized carbons (Fsp3) is 0.667. The van der Waals surface area contributed by atoms with E-state index in [1.54, 1.807) is 0 Å². The summed E-state index contributed by atoms with van der Waals surface area (Å²) >= 11 is 0. The number of aliphatic hydroxyl groups is 5. The lowest BCUT2D eigenvalue weighted by atomic mass is 9.85. The van der Waals surface area contributed by atoms with Crippen LogP contribution in [0.2, 0.25) is 0 Å². The van der Waals surface area contributed by atoms with Crippen molar-refractivity contribution in [3.8, 4) is 0 Å². The third kappa shape index (κ3) is 3.54. The van der Waals surface area contributed by atoms with Crippen LogP contribution in [0.15, 0.2) is 34.4 Å². The summed E-state index contributed by atoms with van der Waals surface area (Å²) in [5, 5.41) is 49.2. The molecule has 2 heterocycles. The predicted octanol–water partition coefficient (Wildman–Crippen LogP) is -1.07. The summed E-state index contributed by atoms with van der Waals surface area (Å²) in [5.41, 5.74) is 3.25. The fourth-order valence-corrected chi connectivity index (χ4v) is 4.75. The van der Waals surface area contributed by atoms with Gasteiger partial charge in [-0.3, -0.25) is 4.79 Å². The van der Waals surface area contributed by atoms with Gasteiger partial charge < -0.3 is 39.7 Å². The Morgan fingerprint density at radius 2 is 1.90 bits per heavy atom. The molecular weight excluding hydrogens is 396 g/mol. The van der Waals surface area contributed by atoms with Gasteiger partial charge in [-0.05, 0) is 29.6 Å². The van der Waals surface area contributed by atoms with Crippen LogP contribution in [-0.4, -0.2) is 88.1 Å². The Kier molecular flexibility index (Phi) is 6.13. The Morgan fingerprint density at radius 1 is 1.13 bits per heavy atom. The summed E-state index contributed by atoms with van der Waals surface area (Å²) in [6.07, 6.45) is -2.12. The lowest BCUT2D eigenvalue weighted by molar-refractivity contribution is -0.298. The molecule has 4 rings (SSSR count). The van der Waals surface area contributed by atoms with Gasteiger partial charge in [0.2, 0.25) is 0 Å². The van der Waals surface area contributed by atoms with Crippen LogP contribution in [0.25, 0.3) is 0 Å². The van der Waals surface area contributed by atoms with E-state index in [0.29, 0.717) is 6.42 Å². The number of allylic oxidation sites excluding steroid dienone is 1. The lowest BCUT2D eigenvalue weighted by Gasteiger charge is -2.39. The van der Waals surface area contributed by atoms with Crippen LogP contribution in [0.3, 0.4) is 0 Å². The van der Waals surface area contributed by atoms with Gasteiger partial charge in [0.05, 0.1) is 25.7 Å². The number of esters is 1. The highest BCUT2D eigenvalue weighted by Crippen LogP contribution is 2.46. The highest BCUT2D eigenvalue weighted by Gasteiger charge is 2.47. The zero-order valence-corrected chi connectivity index (χ0v) is 16.7. The van der Waals surface area contributed by atoms with Crippen LogP contribution in [0.5, 0.6) is 0 Å². The number of fused-ring (bicyclic) bond motifs is 3. The molecule has 2 aliphatic carbocycles. The Morgan fingerprint density at radius 3 is 2.60 bits per heavy atom. The van der Waals surface area contributed by atoms with Crippen molar-refractivity contribution in [2.75, 3.05) is 19.8 Å². The zero-order valence-electron chi connectivity index (χ0n) is 16.7. The maximum atomic E-state index is 12.2. The minimum Gasteiger partial charge on any atom is -0.457 e. The molecule has 0 spiro atoms. The van der Waals surface area contributed by atoms with Gasteiger partial charge in [0.25, 0.3) is 0 Å².